The summed E-state index contributed by atoms with van der Waals surface area (Å²) in [7, 11) is 0. The summed E-state index contributed by atoms with van der Waals surface area (Å²) in [5, 5.41) is 3.11. The lowest BCUT2D eigenvalue weighted by atomic mass is 10.1. The molecule has 0 radical (unpaired) electrons. The quantitative estimate of drug-likeness (QED) is 0.627. The number of aliphatic imine (C=N–C) groups is 1. The third kappa shape index (κ3) is 4.04. The minimum atomic E-state index is 0.290. The van der Waals surface area contributed by atoms with Gasteiger partial charge in [0.05, 0.1) is 12.6 Å². The third-order valence-corrected chi connectivity index (χ3v) is 3.09. The largest absolute Gasteiger partial charge is 0.376 e. The second kappa shape index (κ2) is 6.40. The van der Waals surface area contributed by atoms with Crippen LogP contribution in [-0.4, -0.2) is 25.2 Å². The maximum atomic E-state index is 5.81. The fourth-order valence-electron chi connectivity index (χ4n) is 1.95. The van der Waals surface area contributed by atoms with E-state index in [4.69, 9.17) is 10.5 Å². The van der Waals surface area contributed by atoms with Crippen LogP contribution in [-0.2, 0) is 11.3 Å². The first-order valence-electron chi connectivity index (χ1n) is 6.45. The highest BCUT2D eigenvalue weighted by molar-refractivity contribution is 5.77. The molecule has 1 heterocycles. The van der Waals surface area contributed by atoms with E-state index in [1.54, 1.807) is 0 Å². The zero-order valence-corrected chi connectivity index (χ0v) is 10.9. The van der Waals surface area contributed by atoms with E-state index in [2.05, 4.69) is 41.5 Å². The number of nitrogens with zero attached hydrogens (tertiary/aromatic N) is 1. The Kier molecular flexibility index (Phi) is 4.59. The van der Waals surface area contributed by atoms with Crippen LogP contribution in [0.15, 0.2) is 29.3 Å². The van der Waals surface area contributed by atoms with Gasteiger partial charge in [0.1, 0.15) is 0 Å². The van der Waals surface area contributed by atoms with Crippen LogP contribution in [0.3, 0.4) is 0 Å². The van der Waals surface area contributed by atoms with E-state index in [-0.39, 0.29) is 6.10 Å². The van der Waals surface area contributed by atoms with Gasteiger partial charge in [-0.15, -0.1) is 0 Å². The van der Waals surface area contributed by atoms with Crippen molar-refractivity contribution in [2.45, 2.75) is 32.4 Å². The van der Waals surface area contributed by atoms with Gasteiger partial charge in [-0.25, -0.2) is 4.99 Å². The zero-order chi connectivity index (χ0) is 12.8. The molecular weight excluding hydrogens is 226 g/mol. The topological polar surface area (TPSA) is 59.6 Å². The van der Waals surface area contributed by atoms with Crippen LogP contribution >= 0.6 is 0 Å². The molecule has 4 nitrogen and oxygen atoms in total. The molecule has 1 aliphatic rings. The number of hydrogen-bond donors (Lipinski definition) is 2. The van der Waals surface area contributed by atoms with Gasteiger partial charge in [0.2, 0.25) is 0 Å². The lowest BCUT2D eigenvalue weighted by molar-refractivity contribution is 0.114. The van der Waals surface area contributed by atoms with Crippen LogP contribution in [0.1, 0.15) is 24.0 Å². The van der Waals surface area contributed by atoms with Gasteiger partial charge in [-0.2, -0.15) is 0 Å². The van der Waals surface area contributed by atoms with Crippen LogP contribution in [0.5, 0.6) is 0 Å². The molecule has 4 heteroatoms. The second-order valence-corrected chi connectivity index (χ2v) is 4.70. The van der Waals surface area contributed by atoms with Gasteiger partial charge in [0, 0.05) is 13.2 Å². The number of nitrogens with one attached hydrogen (secondary N) is 1. The van der Waals surface area contributed by atoms with Crippen molar-refractivity contribution in [1.82, 2.24) is 5.32 Å². The van der Waals surface area contributed by atoms with E-state index in [1.165, 1.54) is 11.1 Å². The number of hydrogen-bond acceptors (Lipinski definition) is 2. The van der Waals surface area contributed by atoms with Gasteiger partial charge >= 0.3 is 0 Å². The van der Waals surface area contributed by atoms with Crippen molar-refractivity contribution >= 4 is 5.96 Å². The molecule has 0 aliphatic carbocycles. The Morgan fingerprint density at radius 2 is 2.22 bits per heavy atom. The number of rotatable bonds is 4. The lowest BCUT2D eigenvalue weighted by Gasteiger charge is -2.11. The molecule has 0 aromatic heterocycles. The molecule has 0 spiro atoms. The molecule has 0 amide bonds. The van der Waals surface area contributed by atoms with E-state index in [9.17, 15) is 0 Å². The molecule has 2 rings (SSSR count). The van der Waals surface area contributed by atoms with Crippen molar-refractivity contribution in [3.63, 3.8) is 0 Å². The highest BCUT2D eigenvalue weighted by Crippen LogP contribution is 2.10. The molecule has 18 heavy (non-hydrogen) atoms. The van der Waals surface area contributed by atoms with Gasteiger partial charge in [-0.3, -0.25) is 0 Å². The molecule has 1 aromatic rings. The van der Waals surface area contributed by atoms with Crippen LogP contribution in [0.2, 0.25) is 0 Å². The molecule has 3 N–H and O–H groups in total. The minimum absolute atomic E-state index is 0.290. The first-order chi connectivity index (χ1) is 8.74. The molecule has 1 atom stereocenters. The molecule has 1 fully saturated rings. The third-order valence-electron chi connectivity index (χ3n) is 3.09. The van der Waals surface area contributed by atoms with Gasteiger partial charge in [-0.05, 0) is 25.3 Å². The number of benzene rings is 1. The minimum Gasteiger partial charge on any atom is -0.376 e. The predicted octanol–water partition coefficient (Wildman–Crippen LogP) is 1.58. The predicted molar refractivity (Wildman–Crippen MR) is 73.5 cm³/mol. The Balaban J connectivity index is 1.75. The fraction of sp³-hybridized carbons (Fsp3) is 0.500. The summed E-state index contributed by atoms with van der Waals surface area (Å²) < 4.78 is 5.51. The number of nitrogens with two attached hydrogens (primary N) is 1. The maximum Gasteiger partial charge on any atom is 0.189 e. The van der Waals surface area contributed by atoms with Crippen molar-refractivity contribution in [3.8, 4) is 0 Å². The average molecular weight is 247 g/mol. The molecule has 98 valence electrons. The van der Waals surface area contributed by atoms with Crippen molar-refractivity contribution in [1.29, 1.82) is 0 Å². The first kappa shape index (κ1) is 12.9. The van der Waals surface area contributed by atoms with Crippen molar-refractivity contribution < 1.29 is 4.74 Å². The average Bonchev–Trinajstić information content (AvgIpc) is 2.89. The highest BCUT2D eigenvalue weighted by atomic mass is 16.5. The van der Waals surface area contributed by atoms with E-state index in [0.29, 0.717) is 12.5 Å². The fourth-order valence-corrected chi connectivity index (χ4v) is 1.95. The van der Waals surface area contributed by atoms with Gasteiger partial charge < -0.3 is 15.8 Å². The smallest absolute Gasteiger partial charge is 0.189 e. The Morgan fingerprint density at radius 1 is 1.44 bits per heavy atom. The second-order valence-electron chi connectivity index (χ2n) is 4.70. The summed E-state index contributed by atoms with van der Waals surface area (Å²) >= 11 is 0. The standard InChI is InChI=1S/C14H21N3O/c1-11-4-6-12(7-5-11)9-16-14(15)17-10-13-3-2-8-18-13/h4-7,13H,2-3,8-10H2,1H3,(H3,15,16,17). The van der Waals surface area contributed by atoms with Gasteiger partial charge in [-0.1, -0.05) is 29.8 Å². The van der Waals surface area contributed by atoms with E-state index in [0.717, 1.165) is 26.0 Å². The number of aryl methyl sites for hydroxylation is 1. The summed E-state index contributed by atoms with van der Waals surface area (Å²) in [4.78, 5) is 4.31. The van der Waals surface area contributed by atoms with Gasteiger partial charge in [0.25, 0.3) is 0 Å². The Hall–Kier alpha value is -1.55. The summed E-state index contributed by atoms with van der Waals surface area (Å²) in [6, 6.07) is 8.32. The molecule has 1 aromatic carbocycles. The normalized spacial score (nSPS) is 20.1. The maximum absolute atomic E-state index is 5.81. The molecule has 0 saturated carbocycles. The Bertz CT molecular complexity index is 394. The van der Waals surface area contributed by atoms with Crippen LogP contribution in [0.25, 0.3) is 0 Å². The number of ether oxygens (including phenoxy) is 1. The Labute approximate surface area is 108 Å². The zero-order valence-electron chi connectivity index (χ0n) is 10.9. The summed E-state index contributed by atoms with van der Waals surface area (Å²) in [5.41, 5.74) is 8.24. The monoisotopic (exact) mass is 247 g/mol. The van der Waals surface area contributed by atoms with Crippen LogP contribution < -0.4 is 11.1 Å². The van der Waals surface area contributed by atoms with Crippen LogP contribution in [0, 0.1) is 6.92 Å². The van der Waals surface area contributed by atoms with E-state index < -0.39 is 0 Å². The molecular formula is C14H21N3O. The molecule has 1 saturated heterocycles. The van der Waals surface area contributed by atoms with Crippen molar-refractivity contribution in [2.75, 3.05) is 13.2 Å². The first-order valence-corrected chi connectivity index (χ1v) is 6.45. The van der Waals surface area contributed by atoms with E-state index >= 15 is 0 Å². The summed E-state index contributed by atoms with van der Waals surface area (Å²) in [5.74, 6) is 0.492. The molecule has 1 aliphatic heterocycles. The summed E-state index contributed by atoms with van der Waals surface area (Å²) in [6.07, 6.45) is 2.54. The molecule has 1 unspecified atom stereocenters. The van der Waals surface area contributed by atoms with Crippen molar-refractivity contribution in [2.24, 2.45) is 10.7 Å². The SMILES string of the molecule is Cc1ccc(CN=C(N)NCC2CCCO2)cc1. The number of guanidine groups is 1. The van der Waals surface area contributed by atoms with Gasteiger partial charge in [0.15, 0.2) is 5.96 Å². The Morgan fingerprint density at radius 3 is 2.89 bits per heavy atom. The molecule has 0 bridgehead atoms. The lowest BCUT2D eigenvalue weighted by Crippen LogP contribution is -2.37. The van der Waals surface area contributed by atoms with Crippen LogP contribution in [0.4, 0.5) is 0 Å². The highest BCUT2D eigenvalue weighted by Gasteiger charge is 2.14. The van der Waals surface area contributed by atoms with Crippen molar-refractivity contribution in [3.05, 3.63) is 35.4 Å². The van der Waals surface area contributed by atoms with E-state index in [1.807, 2.05) is 0 Å². The summed E-state index contributed by atoms with van der Waals surface area (Å²) in [6.45, 7) is 4.31.